The normalized spacial score (nSPS) is 13.6. The number of nitrogens with two attached hydrogens (primary N) is 3. The Morgan fingerprint density at radius 1 is 1.07 bits per heavy atom. The molecule has 1 radical (unpaired) electrons. The number of carbonyl (C=O) groups is 3. The molecule has 0 aromatic heterocycles. The Labute approximate surface area is 163 Å². The van der Waals surface area contributed by atoms with E-state index in [1.807, 2.05) is 0 Å². The van der Waals surface area contributed by atoms with Gasteiger partial charge in [0.1, 0.15) is 12.1 Å². The lowest BCUT2D eigenvalue weighted by Crippen LogP contribution is -2.53. The second-order valence-electron chi connectivity index (χ2n) is 6.21. The van der Waals surface area contributed by atoms with Crippen LogP contribution in [0.2, 0.25) is 0 Å². The number of hydrogen-bond donors (Lipinski definition) is 8. The van der Waals surface area contributed by atoms with Crippen molar-refractivity contribution >= 4 is 30.0 Å². The minimum absolute atomic E-state index is 0.159. The first-order chi connectivity index (χ1) is 13.2. The van der Waals surface area contributed by atoms with Crippen molar-refractivity contribution in [2.75, 3.05) is 13.1 Å². The molecule has 159 valence electrons. The molecule has 0 heterocycles. The number of hydrogen-bond acceptors (Lipinski definition) is 7. The lowest BCUT2D eigenvalue weighted by atomic mass is 10.1. The fraction of sp³-hybridized carbons (Fsp3) is 0.688. The molecule has 0 unspecified atom stereocenters. The summed E-state index contributed by atoms with van der Waals surface area (Å²) in [7, 11) is 0. The molecule has 0 aliphatic heterocycles. The van der Waals surface area contributed by atoms with Crippen LogP contribution < -0.4 is 33.2 Å². The molecule has 0 rings (SSSR count). The quantitative estimate of drug-likeness (QED) is 0.0808. The van der Waals surface area contributed by atoms with Gasteiger partial charge in [-0.05, 0) is 32.2 Å². The molecular weight excluding hydrogens is 370 g/mol. The molecule has 0 spiro atoms. The third-order valence-electron chi connectivity index (χ3n) is 3.76. The van der Waals surface area contributed by atoms with E-state index in [1.165, 1.54) is 6.29 Å². The van der Waals surface area contributed by atoms with E-state index in [4.69, 9.17) is 27.7 Å². The van der Waals surface area contributed by atoms with E-state index in [-0.39, 0.29) is 18.9 Å². The van der Waals surface area contributed by atoms with E-state index in [1.54, 1.807) is 0 Å². The third-order valence-corrected chi connectivity index (χ3v) is 3.76. The van der Waals surface area contributed by atoms with Gasteiger partial charge in [0.05, 0.1) is 12.5 Å². The summed E-state index contributed by atoms with van der Waals surface area (Å²) in [6.07, 6.45) is 3.12. The van der Waals surface area contributed by atoms with Crippen molar-refractivity contribution < 1.29 is 24.3 Å². The molecule has 12 nitrogen and oxygen atoms in total. The highest BCUT2D eigenvalue weighted by atomic mass is 16.4. The fourth-order valence-electron chi connectivity index (χ4n) is 2.29. The van der Waals surface area contributed by atoms with Gasteiger partial charge in [0.15, 0.2) is 5.96 Å². The molecule has 0 aliphatic rings. The summed E-state index contributed by atoms with van der Waals surface area (Å²) in [4.78, 5) is 46.2. The fourth-order valence-corrected chi connectivity index (χ4v) is 2.29. The SMILES string of the molecule is N=C(N)NCCC[C@H](NC(=O)[C@@H](N)CCCCN)C(=O)N[C@H]([C]=O)CC(=O)O. The Hall–Kier alpha value is -2.73. The maximum absolute atomic E-state index is 12.4. The number of guanidine groups is 1. The third kappa shape index (κ3) is 11.8. The molecule has 0 bridgehead atoms. The van der Waals surface area contributed by atoms with Crippen molar-refractivity contribution in [3.63, 3.8) is 0 Å². The van der Waals surface area contributed by atoms with Crippen LogP contribution in [-0.2, 0) is 19.2 Å². The molecule has 0 aliphatic carbocycles. The molecule has 11 N–H and O–H groups in total. The number of carboxylic acid groups (broad SMARTS) is 1. The predicted octanol–water partition coefficient (Wildman–Crippen LogP) is -2.74. The molecular formula is C16H30N7O5. The van der Waals surface area contributed by atoms with Crippen LogP contribution in [0, 0.1) is 5.41 Å². The highest BCUT2D eigenvalue weighted by molar-refractivity contribution is 5.91. The Morgan fingerprint density at radius 3 is 2.29 bits per heavy atom. The lowest BCUT2D eigenvalue weighted by molar-refractivity contribution is -0.137. The van der Waals surface area contributed by atoms with Crippen LogP contribution in [0.1, 0.15) is 38.5 Å². The lowest BCUT2D eigenvalue weighted by Gasteiger charge is -2.22. The summed E-state index contributed by atoms with van der Waals surface area (Å²) in [5.41, 5.74) is 16.4. The molecule has 0 aromatic carbocycles. The van der Waals surface area contributed by atoms with Gasteiger partial charge < -0.3 is 38.3 Å². The molecule has 0 saturated carbocycles. The average Bonchev–Trinajstić information content (AvgIpc) is 2.62. The van der Waals surface area contributed by atoms with E-state index in [2.05, 4.69) is 16.0 Å². The highest BCUT2D eigenvalue weighted by Gasteiger charge is 2.26. The van der Waals surface area contributed by atoms with Gasteiger partial charge in [0, 0.05) is 6.54 Å². The molecule has 3 atom stereocenters. The van der Waals surface area contributed by atoms with Gasteiger partial charge >= 0.3 is 5.97 Å². The van der Waals surface area contributed by atoms with Gasteiger partial charge in [-0.2, -0.15) is 0 Å². The van der Waals surface area contributed by atoms with Crippen molar-refractivity contribution in [1.29, 1.82) is 5.41 Å². The van der Waals surface area contributed by atoms with Crippen molar-refractivity contribution in [1.82, 2.24) is 16.0 Å². The highest BCUT2D eigenvalue weighted by Crippen LogP contribution is 2.03. The van der Waals surface area contributed by atoms with Gasteiger partial charge in [-0.1, -0.05) is 6.42 Å². The number of carbonyl (C=O) groups excluding carboxylic acids is 3. The second-order valence-corrected chi connectivity index (χ2v) is 6.21. The van der Waals surface area contributed by atoms with Crippen LogP contribution in [0.4, 0.5) is 0 Å². The summed E-state index contributed by atoms with van der Waals surface area (Å²) >= 11 is 0. The van der Waals surface area contributed by atoms with Crippen LogP contribution in [0.15, 0.2) is 0 Å². The van der Waals surface area contributed by atoms with Crippen LogP contribution in [0.25, 0.3) is 0 Å². The summed E-state index contributed by atoms with van der Waals surface area (Å²) in [6.45, 7) is 0.769. The Morgan fingerprint density at radius 2 is 1.75 bits per heavy atom. The van der Waals surface area contributed by atoms with Gasteiger partial charge in [0.25, 0.3) is 0 Å². The van der Waals surface area contributed by atoms with Crippen molar-refractivity contribution in [3.8, 4) is 0 Å². The molecule has 0 aromatic rings. The topological polar surface area (TPSA) is 227 Å². The minimum atomic E-state index is -1.34. The van der Waals surface area contributed by atoms with Crippen molar-refractivity contribution in [2.24, 2.45) is 17.2 Å². The average molecular weight is 400 g/mol. The van der Waals surface area contributed by atoms with Crippen molar-refractivity contribution in [3.05, 3.63) is 0 Å². The number of rotatable bonds is 15. The van der Waals surface area contributed by atoms with Gasteiger partial charge in [-0.15, -0.1) is 0 Å². The first kappa shape index (κ1) is 25.3. The predicted molar refractivity (Wildman–Crippen MR) is 102 cm³/mol. The second kappa shape index (κ2) is 14.3. The van der Waals surface area contributed by atoms with E-state index >= 15 is 0 Å². The summed E-state index contributed by atoms with van der Waals surface area (Å²) < 4.78 is 0. The molecule has 28 heavy (non-hydrogen) atoms. The van der Waals surface area contributed by atoms with Gasteiger partial charge in [0.2, 0.25) is 18.1 Å². The number of unbranched alkanes of at least 4 members (excludes halogenated alkanes) is 1. The summed E-state index contributed by atoms with van der Waals surface area (Å²) in [6, 6.07) is -3.20. The first-order valence-corrected chi connectivity index (χ1v) is 8.95. The van der Waals surface area contributed by atoms with Crippen molar-refractivity contribution in [2.45, 2.75) is 56.7 Å². The van der Waals surface area contributed by atoms with Crippen LogP contribution in [0.3, 0.4) is 0 Å². The maximum atomic E-state index is 12.4. The Kier molecular flexibility index (Phi) is 12.9. The van der Waals surface area contributed by atoms with Gasteiger partial charge in [-0.3, -0.25) is 24.6 Å². The molecule has 12 heteroatoms. The number of aliphatic carboxylic acids is 1. The number of carboxylic acids is 1. The first-order valence-electron chi connectivity index (χ1n) is 8.95. The zero-order chi connectivity index (χ0) is 21.5. The number of nitrogens with one attached hydrogen (secondary N) is 4. The van der Waals surface area contributed by atoms with Crippen LogP contribution in [-0.4, -0.2) is 66.4 Å². The Bertz CT molecular complexity index is 543. The summed E-state index contributed by atoms with van der Waals surface area (Å²) in [5, 5.41) is 23.2. The zero-order valence-corrected chi connectivity index (χ0v) is 15.7. The standard InChI is InChI=1S/C16H30N7O5/c17-6-2-1-4-11(18)14(27)23-12(5-3-7-21-16(19)20)15(28)22-10(9-24)8-13(25)26/h10-12H,1-8,17-18H2,(H,22,28)(H,23,27)(H,25,26)(H4,19,20,21)/t10-,11-,12-/m0/s1. The van der Waals surface area contributed by atoms with Crippen LogP contribution in [0.5, 0.6) is 0 Å². The van der Waals surface area contributed by atoms with Gasteiger partial charge in [-0.25, -0.2) is 0 Å². The van der Waals surface area contributed by atoms with E-state index in [0.717, 1.165) is 0 Å². The Balaban J connectivity index is 4.89. The molecule has 2 amide bonds. The maximum Gasteiger partial charge on any atom is 0.305 e. The largest absolute Gasteiger partial charge is 0.481 e. The van der Waals surface area contributed by atoms with E-state index in [9.17, 15) is 19.2 Å². The molecule has 0 saturated heterocycles. The molecule has 0 fully saturated rings. The van der Waals surface area contributed by atoms with E-state index in [0.29, 0.717) is 32.2 Å². The van der Waals surface area contributed by atoms with Crippen LogP contribution >= 0.6 is 0 Å². The minimum Gasteiger partial charge on any atom is -0.481 e. The summed E-state index contributed by atoms with van der Waals surface area (Å²) in [5.74, 6) is -2.77. The monoisotopic (exact) mass is 400 g/mol. The number of amides is 2. The van der Waals surface area contributed by atoms with E-state index < -0.39 is 42.3 Å². The zero-order valence-electron chi connectivity index (χ0n) is 15.7. The smallest absolute Gasteiger partial charge is 0.305 e.